The summed E-state index contributed by atoms with van der Waals surface area (Å²) in [5.41, 5.74) is 2.34. The summed E-state index contributed by atoms with van der Waals surface area (Å²) in [6.45, 7) is 0.279. The first kappa shape index (κ1) is 18.4. The second-order valence-corrected chi connectivity index (χ2v) is 6.18. The Balaban J connectivity index is 1.57. The van der Waals surface area contributed by atoms with Crippen LogP contribution in [0.15, 0.2) is 48.5 Å². The number of nitrogens with one attached hydrogen (secondary N) is 2. The van der Waals surface area contributed by atoms with Crippen molar-refractivity contribution in [3.63, 3.8) is 0 Å². The number of likely N-dealkylation sites (N-methyl/N-ethyl adjacent to an activating group) is 1. The van der Waals surface area contributed by atoms with Crippen LogP contribution < -0.4 is 20.3 Å². The Hall–Kier alpha value is -3.35. The van der Waals surface area contributed by atoms with Crippen molar-refractivity contribution in [2.75, 3.05) is 25.6 Å². The van der Waals surface area contributed by atoms with E-state index in [9.17, 15) is 14.4 Å². The molecule has 0 spiro atoms. The topological polar surface area (TPSA) is 87.7 Å². The number of carbonyl (C=O) groups is 3. The molecule has 0 aromatic heterocycles. The van der Waals surface area contributed by atoms with Crippen molar-refractivity contribution < 1.29 is 19.1 Å². The van der Waals surface area contributed by atoms with Gasteiger partial charge in [-0.25, -0.2) is 0 Å². The van der Waals surface area contributed by atoms with E-state index in [0.29, 0.717) is 12.0 Å². The molecule has 2 aromatic rings. The summed E-state index contributed by atoms with van der Waals surface area (Å²) in [5, 5.41) is 5.09. The number of amides is 3. The molecule has 1 aliphatic heterocycles. The van der Waals surface area contributed by atoms with Gasteiger partial charge in [-0.1, -0.05) is 36.4 Å². The highest BCUT2D eigenvalue weighted by atomic mass is 16.5. The SMILES string of the molecule is COc1ccccc1CCNC(=O)C(=O)NC1C(=O)N(C)c2ccccc21. The first-order chi connectivity index (χ1) is 13.0. The number of methoxy groups -OCH3 is 1. The monoisotopic (exact) mass is 367 g/mol. The molecule has 0 bridgehead atoms. The minimum absolute atomic E-state index is 0.272. The summed E-state index contributed by atoms with van der Waals surface area (Å²) in [7, 11) is 3.22. The average molecular weight is 367 g/mol. The molecule has 140 valence electrons. The number of nitrogens with zero attached hydrogens (tertiary/aromatic N) is 1. The number of carbonyl (C=O) groups excluding carboxylic acids is 3. The zero-order chi connectivity index (χ0) is 19.4. The second kappa shape index (κ2) is 7.90. The molecule has 1 heterocycles. The summed E-state index contributed by atoms with van der Waals surface area (Å²) >= 11 is 0. The minimum Gasteiger partial charge on any atom is -0.496 e. The van der Waals surface area contributed by atoms with E-state index in [4.69, 9.17) is 4.74 Å². The predicted molar refractivity (Wildman–Crippen MR) is 100 cm³/mol. The molecule has 3 amide bonds. The molecule has 7 heteroatoms. The highest BCUT2D eigenvalue weighted by Gasteiger charge is 2.36. The van der Waals surface area contributed by atoms with Gasteiger partial charge < -0.3 is 20.3 Å². The molecule has 0 fully saturated rings. The molecule has 2 N–H and O–H groups in total. The molecular weight excluding hydrogens is 346 g/mol. The number of benzene rings is 2. The van der Waals surface area contributed by atoms with Gasteiger partial charge in [0.1, 0.15) is 11.8 Å². The molecule has 0 saturated heterocycles. The molecule has 27 heavy (non-hydrogen) atoms. The number of hydrogen-bond acceptors (Lipinski definition) is 4. The Morgan fingerprint density at radius 2 is 1.78 bits per heavy atom. The predicted octanol–water partition coefficient (Wildman–Crippen LogP) is 1.19. The van der Waals surface area contributed by atoms with Crippen LogP contribution in [-0.2, 0) is 20.8 Å². The van der Waals surface area contributed by atoms with Gasteiger partial charge >= 0.3 is 11.8 Å². The first-order valence-electron chi connectivity index (χ1n) is 8.60. The lowest BCUT2D eigenvalue weighted by molar-refractivity contribution is -0.140. The van der Waals surface area contributed by atoms with Crippen molar-refractivity contribution in [2.45, 2.75) is 12.5 Å². The molecule has 0 aliphatic carbocycles. The van der Waals surface area contributed by atoms with Crippen LogP contribution in [0.3, 0.4) is 0 Å². The number of hydrogen-bond donors (Lipinski definition) is 2. The third kappa shape index (κ3) is 3.76. The van der Waals surface area contributed by atoms with Gasteiger partial charge in [-0.3, -0.25) is 14.4 Å². The molecule has 3 rings (SSSR count). The fourth-order valence-electron chi connectivity index (χ4n) is 3.12. The lowest BCUT2D eigenvalue weighted by Crippen LogP contribution is -2.44. The van der Waals surface area contributed by atoms with Crippen molar-refractivity contribution in [1.29, 1.82) is 0 Å². The van der Waals surface area contributed by atoms with Gasteiger partial charge in [-0.15, -0.1) is 0 Å². The number of fused-ring (bicyclic) bond motifs is 1. The lowest BCUT2D eigenvalue weighted by atomic mass is 10.1. The van der Waals surface area contributed by atoms with Crippen LogP contribution in [-0.4, -0.2) is 38.4 Å². The zero-order valence-corrected chi connectivity index (χ0v) is 15.2. The van der Waals surface area contributed by atoms with Gasteiger partial charge in [0.2, 0.25) is 0 Å². The third-order valence-electron chi connectivity index (χ3n) is 4.54. The maximum Gasteiger partial charge on any atom is 0.310 e. The third-order valence-corrected chi connectivity index (χ3v) is 4.54. The number of para-hydroxylation sites is 2. The zero-order valence-electron chi connectivity index (χ0n) is 15.2. The van der Waals surface area contributed by atoms with Gasteiger partial charge in [0, 0.05) is 24.8 Å². The number of rotatable bonds is 5. The summed E-state index contributed by atoms with van der Waals surface area (Å²) in [6, 6.07) is 13.8. The number of anilines is 1. The summed E-state index contributed by atoms with van der Waals surface area (Å²) in [6.07, 6.45) is 0.525. The van der Waals surface area contributed by atoms with Crippen LogP contribution >= 0.6 is 0 Å². The lowest BCUT2D eigenvalue weighted by Gasteiger charge is -2.13. The Morgan fingerprint density at radius 1 is 1.07 bits per heavy atom. The van der Waals surface area contributed by atoms with Crippen LogP contribution in [0.1, 0.15) is 17.2 Å². The Morgan fingerprint density at radius 3 is 2.56 bits per heavy atom. The minimum atomic E-state index is -0.848. The highest BCUT2D eigenvalue weighted by molar-refractivity contribution is 6.35. The molecule has 1 aliphatic rings. The molecule has 7 nitrogen and oxygen atoms in total. The molecular formula is C20H21N3O4. The van der Waals surface area contributed by atoms with Gasteiger partial charge in [-0.2, -0.15) is 0 Å². The first-order valence-corrected chi connectivity index (χ1v) is 8.60. The normalized spacial score (nSPS) is 15.3. The van der Waals surface area contributed by atoms with Crippen molar-refractivity contribution in [3.8, 4) is 5.75 Å². The van der Waals surface area contributed by atoms with Crippen molar-refractivity contribution in [1.82, 2.24) is 10.6 Å². The van der Waals surface area contributed by atoms with E-state index in [2.05, 4.69) is 10.6 Å². The summed E-state index contributed by atoms with van der Waals surface area (Å²) in [5.74, 6) is -1.15. The van der Waals surface area contributed by atoms with Crippen molar-refractivity contribution >= 4 is 23.4 Å². The fraction of sp³-hybridized carbons (Fsp3) is 0.250. The van der Waals surface area contributed by atoms with Crippen molar-refractivity contribution in [3.05, 3.63) is 59.7 Å². The second-order valence-electron chi connectivity index (χ2n) is 6.18. The van der Waals surface area contributed by atoms with E-state index >= 15 is 0 Å². The number of ether oxygens (including phenoxy) is 1. The molecule has 2 aromatic carbocycles. The smallest absolute Gasteiger partial charge is 0.310 e. The Kier molecular flexibility index (Phi) is 5.40. The van der Waals surface area contributed by atoms with Crippen LogP contribution in [0.2, 0.25) is 0 Å². The van der Waals surface area contributed by atoms with E-state index in [1.54, 1.807) is 32.4 Å². The maximum absolute atomic E-state index is 12.4. The maximum atomic E-state index is 12.4. The van der Waals surface area contributed by atoms with Crippen LogP contribution in [0.5, 0.6) is 5.75 Å². The van der Waals surface area contributed by atoms with E-state index in [0.717, 1.165) is 17.0 Å². The fourth-order valence-corrected chi connectivity index (χ4v) is 3.12. The standard InChI is InChI=1S/C20H21N3O4/c1-23-15-9-5-4-8-14(15)17(20(23)26)22-19(25)18(24)21-12-11-13-7-3-6-10-16(13)27-2/h3-10,17H,11-12H2,1-2H3,(H,21,24)(H,22,25). The van der Waals surface area contributed by atoms with E-state index in [1.807, 2.05) is 30.3 Å². The van der Waals surface area contributed by atoms with Crippen LogP contribution in [0.25, 0.3) is 0 Å². The molecule has 0 saturated carbocycles. The quantitative estimate of drug-likeness (QED) is 0.777. The van der Waals surface area contributed by atoms with Gasteiger partial charge in [0.25, 0.3) is 5.91 Å². The summed E-state index contributed by atoms with van der Waals surface area (Å²) in [4.78, 5) is 38.1. The van der Waals surface area contributed by atoms with Crippen LogP contribution in [0, 0.1) is 0 Å². The van der Waals surface area contributed by atoms with Crippen LogP contribution in [0.4, 0.5) is 5.69 Å². The van der Waals surface area contributed by atoms with E-state index in [-0.39, 0.29) is 12.5 Å². The van der Waals surface area contributed by atoms with Gasteiger partial charge in [0.15, 0.2) is 0 Å². The average Bonchev–Trinajstić information content (AvgIpc) is 2.93. The largest absolute Gasteiger partial charge is 0.496 e. The van der Waals surface area contributed by atoms with Gasteiger partial charge in [0.05, 0.1) is 7.11 Å². The Bertz CT molecular complexity index is 881. The molecule has 1 unspecified atom stereocenters. The van der Waals surface area contributed by atoms with Crippen molar-refractivity contribution in [2.24, 2.45) is 0 Å². The summed E-state index contributed by atoms with van der Waals surface area (Å²) < 4.78 is 5.26. The highest BCUT2D eigenvalue weighted by Crippen LogP contribution is 2.34. The van der Waals surface area contributed by atoms with Gasteiger partial charge in [-0.05, 0) is 24.1 Å². The van der Waals surface area contributed by atoms with E-state index in [1.165, 1.54) is 4.90 Å². The Labute approximate surface area is 157 Å². The molecule has 1 atom stereocenters. The van der Waals surface area contributed by atoms with E-state index < -0.39 is 17.9 Å². The molecule has 0 radical (unpaired) electrons.